The summed E-state index contributed by atoms with van der Waals surface area (Å²) in [7, 11) is 0. The Kier molecular flexibility index (Phi) is 2.69. The Balaban J connectivity index is 2.58. The van der Waals surface area contributed by atoms with Gasteiger partial charge in [0.05, 0.1) is 0 Å². The van der Waals surface area contributed by atoms with E-state index >= 15 is 0 Å². The van der Waals surface area contributed by atoms with Crippen LogP contribution >= 0.6 is 11.6 Å². The third kappa shape index (κ3) is 1.73. The van der Waals surface area contributed by atoms with Gasteiger partial charge in [-0.2, -0.15) is 0 Å². The highest BCUT2D eigenvalue weighted by Gasteiger charge is 2.00. The van der Waals surface area contributed by atoms with Gasteiger partial charge in [-0.3, -0.25) is 0 Å². The summed E-state index contributed by atoms with van der Waals surface area (Å²) in [6.45, 7) is 2.18. The van der Waals surface area contributed by atoms with Crippen molar-refractivity contribution in [3.05, 3.63) is 41.2 Å². The monoisotopic (exact) mass is 205 g/mol. The van der Waals surface area contributed by atoms with Crippen LogP contribution in [0, 0.1) is 0 Å². The second-order valence-electron chi connectivity index (χ2n) is 3.41. The van der Waals surface area contributed by atoms with Crippen molar-refractivity contribution in [1.29, 1.82) is 0 Å². The largest absolute Gasteiger partial charge is 0.244 e. The minimum absolute atomic E-state index is 0.598. The molecule has 1 nitrogen and oxygen atoms in total. The van der Waals surface area contributed by atoms with Crippen molar-refractivity contribution in [3.63, 3.8) is 0 Å². The predicted molar refractivity (Wildman–Crippen MR) is 60.7 cm³/mol. The second-order valence-corrected chi connectivity index (χ2v) is 3.77. The first-order valence-electron chi connectivity index (χ1n) is 4.84. The number of rotatable bonds is 2. The third-order valence-corrected chi connectivity index (χ3v) is 2.62. The van der Waals surface area contributed by atoms with Crippen molar-refractivity contribution in [2.45, 2.75) is 19.8 Å². The Morgan fingerprint density at radius 2 is 2.14 bits per heavy atom. The normalized spacial score (nSPS) is 10.7. The molecule has 1 heterocycles. The van der Waals surface area contributed by atoms with Crippen LogP contribution in [0.3, 0.4) is 0 Å². The van der Waals surface area contributed by atoms with E-state index < -0.39 is 0 Å². The van der Waals surface area contributed by atoms with Crippen LogP contribution in [0.15, 0.2) is 30.5 Å². The molecule has 72 valence electrons. The molecule has 2 rings (SSSR count). The molecular weight excluding hydrogens is 194 g/mol. The summed E-state index contributed by atoms with van der Waals surface area (Å²) in [4.78, 5) is 4.07. The van der Waals surface area contributed by atoms with Crippen LogP contribution in [0.2, 0.25) is 5.15 Å². The Morgan fingerprint density at radius 1 is 1.29 bits per heavy atom. The molecule has 0 atom stereocenters. The Labute approximate surface area is 88.7 Å². The molecule has 0 N–H and O–H groups in total. The molecule has 0 amide bonds. The number of pyridine rings is 1. The molecule has 0 aliphatic heterocycles. The molecule has 0 aliphatic rings. The van der Waals surface area contributed by atoms with E-state index in [1.165, 1.54) is 5.56 Å². The lowest BCUT2D eigenvalue weighted by Crippen LogP contribution is -1.85. The molecule has 1 aromatic heterocycles. The van der Waals surface area contributed by atoms with Crippen LogP contribution in [-0.4, -0.2) is 4.98 Å². The number of aromatic nitrogens is 1. The van der Waals surface area contributed by atoms with E-state index in [0.29, 0.717) is 5.15 Å². The van der Waals surface area contributed by atoms with Crippen molar-refractivity contribution in [2.24, 2.45) is 0 Å². The van der Waals surface area contributed by atoms with Crippen LogP contribution in [0.25, 0.3) is 10.8 Å². The van der Waals surface area contributed by atoms with Crippen LogP contribution in [0.1, 0.15) is 18.9 Å². The van der Waals surface area contributed by atoms with Crippen molar-refractivity contribution in [3.8, 4) is 0 Å². The first-order valence-corrected chi connectivity index (χ1v) is 5.22. The van der Waals surface area contributed by atoms with E-state index in [1.807, 2.05) is 6.07 Å². The maximum Gasteiger partial charge on any atom is 0.136 e. The number of benzene rings is 1. The predicted octanol–water partition coefficient (Wildman–Crippen LogP) is 3.84. The molecule has 2 heteroatoms. The van der Waals surface area contributed by atoms with Crippen LogP contribution in [0.5, 0.6) is 0 Å². The molecular formula is C12H12ClN. The molecule has 0 saturated heterocycles. The number of halogens is 1. The van der Waals surface area contributed by atoms with Crippen molar-refractivity contribution in [1.82, 2.24) is 4.98 Å². The van der Waals surface area contributed by atoms with Gasteiger partial charge in [0.25, 0.3) is 0 Å². The lowest BCUT2D eigenvalue weighted by atomic mass is 10.1. The lowest BCUT2D eigenvalue weighted by molar-refractivity contribution is 0.923. The molecule has 0 fully saturated rings. The van der Waals surface area contributed by atoms with Gasteiger partial charge < -0.3 is 0 Å². The zero-order chi connectivity index (χ0) is 9.97. The summed E-state index contributed by atoms with van der Waals surface area (Å²) in [6.07, 6.45) is 3.99. The minimum Gasteiger partial charge on any atom is -0.244 e. The Hall–Kier alpha value is -1.08. The zero-order valence-electron chi connectivity index (χ0n) is 8.13. The van der Waals surface area contributed by atoms with Gasteiger partial charge in [0.15, 0.2) is 0 Å². The van der Waals surface area contributed by atoms with Crippen molar-refractivity contribution >= 4 is 22.4 Å². The van der Waals surface area contributed by atoms with Crippen molar-refractivity contribution < 1.29 is 0 Å². The van der Waals surface area contributed by atoms with E-state index in [0.717, 1.165) is 23.6 Å². The average Bonchev–Trinajstić information content (AvgIpc) is 2.20. The van der Waals surface area contributed by atoms with Gasteiger partial charge >= 0.3 is 0 Å². The van der Waals surface area contributed by atoms with Gasteiger partial charge in [-0.05, 0) is 29.5 Å². The maximum absolute atomic E-state index is 6.02. The molecule has 0 saturated carbocycles. The SMILES string of the molecule is CCCc1ccc2ccnc(Cl)c2c1. The van der Waals surface area contributed by atoms with E-state index in [2.05, 4.69) is 30.1 Å². The van der Waals surface area contributed by atoms with Gasteiger partial charge in [0.1, 0.15) is 5.15 Å². The highest BCUT2D eigenvalue weighted by Crippen LogP contribution is 2.22. The van der Waals surface area contributed by atoms with Gasteiger partial charge in [-0.15, -0.1) is 0 Å². The average molecular weight is 206 g/mol. The number of hydrogen-bond donors (Lipinski definition) is 0. The Morgan fingerprint density at radius 3 is 2.93 bits per heavy atom. The highest BCUT2D eigenvalue weighted by atomic mass is 35.5. The quantitative estimate of drug-likeness (QED) is 0.679. The highest BCUT2D eigenvalue weighted by molar-refractivity contribution is 6.34. The summed E-state index contributed by atoms with van der Waals surface area (Å²) in [5, 5.41) is 2.81. The number of aryl methyl sites for hydroxylation is 1. The summed E-state index contributed by atoms with van der Waals surface area (Å²) in [5.41, 5.74) is 1.33. The van der Waals surface area contributed by atoms with E-state index in [-0.39, 0.29) is 0 Å². The van der Waals surface area contributed by atoms with Crippen molar-refractivity contribution in [2.75, 3.05) is 0 Å². The maximum atomic E-state index is 6.02. The fourth-order valence-electron chi connectivity index (χ4n) is 1.62. The topological polar surface area (TPSA) is 12.9 Å². The molecule has 0 bridgehead atoms. The van der Waals surface area contributed by atoms with Crippen LogP contribution in [-0.2, 0) is 6.42 Å². The standard InChI is InChI=1S/C12H12ClN/c1-2-3-9-4-5-10-6-7-14-12(13)11(10)8-9/h4-8H,2-3H2,1H3. The molecule has 14 heavy (non-hydrogen) atoms. The summed E-state index contributed by atoms with van der Waals surface area (Å²) < 4.78 is 0. The van der Waals surface area contributed by atoms with Gasteiger partial charge in [-0.25, -0.2) is 4.98 Å². The van der Waals surface area contributed by atoms with Gasteiger partial charge in [0, 0.05) is 11.6 Å². The first kappa shape index (κ1) is 9.47. The van der Waals surface area contributed by atoms with Gasteiger partial charge in [0.2, 0.25) is 0 Å². The third-order valence-electron chi connectivity index (χ3n) is 2.32. The number of fused-ring (bicyclic) bond motifs is 1. The zero-order valence-corrected chi connectivity index (χ0v) is 8.88. The fourth-order valence-corrected chi connectivity index (χ4v) is 1.84. The molecule has 0 radical (unpaired) electrons. The smallest absolute Gasteiger partial charge is 0.136 e. The molecule has 1 aromatic carbocycles. The number of nitrogens with zero attached hydrogens (tertiary/aromatic N) is 1. The minimum atomic E-state index is 0.598. The Bertz CT molecular complexity index is 451. The molecule has 0 spiro atoms. The lowest BCUT2D eigenvalue weighted by Gasteiger charge is -2.02. The number of hydrogen-bond acceptors (Lipinski definition) is 1. The van der Waals surface area contributed by atoms with Crippen LogP contribution < -0.4 is 0 Å². The molecule has 2 aromatic rings. The fraction of sp³-hybridized carbons (Fsp3) is 0.250. The van der Waals surface area contributed by atoms with E-state index in [4.69, 9.17) is 11.6 Å². The first-order chi connectivity index (χ1) is 6.81. The summed E-state index contributed by atoms with van der Waals surface area (Å²) >= 11 is 6.02. The molecule has 0 unspecified atom stereocenters. The van der Waals surface area contributed by atoms with E-state index in [9.17, 15) is 0 Å². The summed E-state index contributed by atoms with van der Waals surface area (Å²) in [5.74, 6) is 0. The van der Waals surface area contributed by atoms with Crippen LogP contribution in [0.4, 0.5) is 0 Å². The summed E-state index contributed by atoms with van der Waals surface area (Å²) in [6, 6.07) is 8.38. The van der Waals surface area contributed by atoms with Gasteiger partial charge in [-0.1, -0.05) is 37.1 Å². The molecule has 0 aliphatic carbocycles. The second kappa shape index (κ2) is 3.97. The van der Waals surface area contributed by atoms with E-state index in [1.54, 1.807) is 6.20 Å².